The number of amides is 2. The fraction of sp³-hybridized carbons (Fsp3) is 0.900. The molecule has 1 aliphatic heterocycles. The molecule has 5 fully saturated rings. The second kappa shape index (κ2) is 9.10. The molecular weight excluding hydrogens is 433 g/mol. The first kappa shape index (κ1) is 22.6. The number of nitrogens with one attached hydrogen (secondary N) is 3. The van der Waals surface area contributed by atoms with Gasteiger partial charge in [-0.2, -0.15) is 0 Å². The van der Waals surface area contributed by atoms with Gasteiger partial charge in [0, 0.05) is 23.6 Å². The fourth-order valence-corrected chi connectivity index (χ4v) is 6.45. The highest BCUT2D eigenvalue weighted by molar-refractivity contribution is 7.99. The quantitative estimate of drug-likeness (QED) is 0.442. The number of aliphatic hydroxyl groups is 1. The van der Waals surface area contributed by atoms with Crippen molar-refractivity contribution < 1.29 is 23.8 Å². The normalized spacial score (nSPS) is 43.4. The molecule has 2 amide bonds. The van der Waals surface area contributed by atoms with Gasteiger partial charge in [0.25, 0.3) is 0 Å². The number of fused-ring (bicyclic) bond motifs is 3. The summed E-state index contributed by atoms with van der Waals surface area (Å²) in [6.07, 6.45) is 2.37. The van der Waals surface area contributed by atoms with Crippen molar-refractivity contribution in [1.82, 2.24) is 16.0 Å². The van der Waals surface area contributed by atoms with E-state index in [-0.39, 0.29) is 37.0 Å². The summed E-state index contributed by atoms with van der Waals surface area (Å²) in [4.78, 5) is 25.1. The van der Waals surface area contributed by atoms with Crippen molar-refractivity contribution in [3.63, 3.8) is 0 Å². The minimum Gasteiger partial charge on any atom is -0.391 e. The lowest BCUT2D eigenvalue weighted by atomic mass is 9.60. The predicted octanol–water partition coefficient (Wildman–Crippen LogP) is 1.21. The molecule has 2 bridgehead atoms. The van der Waals surface area contributed by atoms with E-state index in [9.17, 15) is 19.1 Å². The molecule has 4 saturated carbocycles. The Morgan fingerprint density at radius 2 is 2.00 bits per heavy atom. The van der Waals surface area contributed by atoms with Crippen LogP contribution in [0.5, 0.6) is 0 Å². The number of aliphatic hydroxyl groups excluding tert-OH is 1. The molecule has 5 unspecified atom stereocenters. The first-order valence-corrected chi connectivity index (χ1v) is 12.4. The van der Waals surface area contributed by atoms with Crippen LogP contribution >= 0.6 is 23.4 Å². The number of thioether (sulfide) groups is 1. The summed E-state index contributed by atoms with van der Waals surface area (Å²) in [5.74, 6) is 1.25. The molecule has 30 heavy (non-hydrogen) atoms. The summed E-state index contributed by atoms with van der Waals surface area (Å²) in [5, 5.41) is 19.7. The van der Waals surface area contributed by atoms with E-state index in [2.05, 4.69) is 16.0 Å². The molecule has 7 nitrogen and oxygen atoms in total. The van der Waals surface area contributed by atoms with Gasteiger partial charge in [0.15, 0.2) is 0 Å². The molecule has 0 aromatic rings. The Morgan fingerprint density at radius 3 is 2.63 bits per heavy atom. The summed E-state index contributed by atoms with van der Waals surface area (Å²) >= 11 is 7.60. The van der Waals surface area contributed by atoms with Gasteiger partial charge in [0.05, 0.1) is 29.2 Å². The third kappa shape index (κ3) is 4.75. The smallest absolute Gasteiger partial charge is 0.246 e. The average molecular weight is 464 g/mol. The zero-order valence-corrected chi connectivity index (χ0v) is 18.6. The van der Waals surface area contributed by atoms with Gasteiger partial charge in [-0.3, -0.25) is 14.9 Å². The maximum Gasteiger partial charge on any atom is 0.246 e. The third-order valence-electron chi connectivity index (χ3n) is 7.23. The van der Waals surface area contributed by atoms with E-state index in [1.807, 2.05) is 0 Å². The number of ether oxygens (including phenoxy) is 1. The Kier molecular flexibility index (Phi) is 6.85. The van der Waals surface area contributed by atoms with Crippen molar-refractivity contribution in [2.24, 2.45) is 0 Å². The number of halogens is 2. The lowest BCUT2D eigenvalue weighted by Crippen LogP contribution is -2.71. The van der Waals surface area contributed by atoms with Gasteiger partial charge in [-0.15, -0.1) is 23.4 Å². The van der Waals surface area contributed by atoms with E-state index in [1.54, 1.807) is 11.8 Å². The van der Waals surface area contributed by atoms with Crippen LogP contribution in [0.2, 0.25) is 0 Å². The van der Waals surface area contributed by atoms with Crippen LogP contribution in [0.4, 0.5) is 4.39 Å². The Bertz CT molecular complexity index is 658. The van der Waals surface area contributed by atoms with Crippen molar-refractivity contribution >= 4 is 35.2 Å². The molecule has 170 valence electrons. The largest absolute Gasteiger partial charge is 0.391 e. The van der Waals surface area contributed by atoms with E-state index >= 15 is 0 Å². The third-order valence-corrected chi connectivity index (χ3v) is 8.66. The molecule has 4 aliphatic carbocycles. The van der Waals surface area contributed by atoms with Crippen molar-refractivity contribution in [2.75, 3.05) is 18.2 Å². The topological polar surface area (TPSA) is 99.7 Å². The van der Waals surface area contributed by atoms with E-state index in [4.69, 9.17) is 16.3 Å². The molecule has 5 rings (SSSR count). The maximum atomic E-state index is 13.7. The highest BCUT2D eigenvalue weighted by Crippen LogP contribution is 2.47. The number of hydrogen-bond acceptors (Lipinski definition) is 6. The summed E-state index contributed by atoms with van der Waals surface area (Å²) in [6, 6.07) is -0.176. The molecule has 5 aliphatic rings. The summed E-state index contributed by atoms with van der Waals surface area (Å²) < 4.78 is 19.4. The van der Waals surface area contributed by atoms with Crippen molar-refractivity contribution in [2.45, 2.75) is 92.2 Å². The van der Waals surface area contributed by atoms with Crippen LogP contribution in [0.25, 0.3) is 0 Å². The highest BCUT2D eigenvalue weighted by Gasteiger charge is 2.55. The molecule has 5 atom stereocenters. The molecule has 0 aromatic carbocycles. The summed E-state index contributed by atoms with van der Waals surface area (Å²) in [5.41, 5.74) is -1.07. The molecule has 4 N–H and O–H groups in total. The molecule has 10 heteroatoms. The van der Waals surface area contributed by atoms with Crippen LogP contribution in [0.1, 0.15) is 51.4 Å². The molecule has 0 spiro atoms. The number of rotatable bonds is 6. The summed E-state index contributed by atoms with van der Waals surface area (Å²) in [6.45, 7) is -0.147. The average Bonchev–Trinajstić information content (AvgIpc) is 3.25. The van der Waals surface area contributed by atoms with E-state index in [1.165, 1.54) is 0 Å². The highest BCUT2D eigenvalue weighted by atomic mass is 35.5. The fourth-order valence-electron chi connectivity index (χ4n) is 5.28. The van der Waals surface area contributed by atoms with Gasteiger partial charge in [-0.25, -0.2) is 4.39 Å². The van der Waals surface area contributed by atoms with Gasteiger partial charge in [-0.1, -0.05) is 0 Å². The van der Waals surface area contributed by atoms with Gasteiger partial charge < -0.3 is 20.5 Å². The minimum absolute atomic E-state index is 0.00290. The minimum atomic E-state index is -1.10. The standard InChI is InChI=1S/C20H31ClFN3O4S/c21-13-2-1-12(7-14(13)22)29-9-17(27)24-20-5-3-19(4-6-20,8-16(20)26)25-18(28)15-10-30-11-23-15/h12-16,23,26H,1-11H2,(H,24,27)(H,25,28). The van der Waals surface area contributed by atoms with Crippen molar-refractivity contribution in [3.8, 4) is 0 Å². The van der Waals surface area contributed by atoms with Gasteiger partial charge in [0.1, 0.15) is 12.8 Å². The molecule has 1 heterocycles. The molecule has 1 saturated heterocycles. The van der Waals surface area contributed by atoms with Crippen LogP contribution in [-0.4, -0.2) is 76.0 Å². The van der Waals surface area contributed by atoms with E-state index in [0.29, 0.717) is 32.1 Å². The van der Waals surface area contributed by atoms with Crippen LogP contribution in [0.15, 0.2) is 0 Å². The molecule has 0 aromatic heterocycles. The second-order valence-electron chi connectivity index (χ2n) is 9.24. The molecule has 0 radical (unpaired) electrons. The number of alkyl halides is 2. The zero-order valence-electron chi connectivity index (χ0n) is 17.0. The van der Waals surface area contributed by atoms with Crippen LogP contribution in [0.3, 0.4) is 0 Å². The van der Waals surface area contributed by atoms with Gasteiger partial charge in [0.2, 0.25) is 11.8 Å². The van der Waals surface area contributed by atoms with Crippen molar-refractivity contribution in [3.05, 3.63) is 0 Å². The number of carbonyl (C=O) groups excluding carboxylic acids is 2. The second-order valence-corrected chi connectivity index (χ2v) is 10.8. The van der Waals surface area contributed by atoms with Gasteiger partial charge in [-0.05, 0) is 44.9 Å². The van der Waals surface area contributed by atoms with E-state index < -0.39 is 28.7 Å². The first-order chi connectivity index (χ1) is 14.3. The number of carbonyl (C=O) groups is 2. The summed E-state index contributed by atoms with van der Waals surface area (Å²) in [7, 11) is 0. The van der Waals surface area contributed by atoms with Crippen LogP contribution in [0, 0.1) is 0 Å². The lowest BCUT2D eigenvalue weighted by Gasteiger charge is -2.56. The maximum absolute atomic E-state index is 13.7. The van der Waals surface area contributed by atoms with E-state index in [0.717, 1.165) is 24.5 Å². The monoisotopic (exact) mass is 463 g/mol. The Balaban J connectivity index is 1.27. The lowest BCUT2D eigenvalue weighted by molar-refractivity contribution is -0.140. The number of hydrogen-bond donors (Lipinski definition) is 4. The zero-order chi connectivity index (χ0) is 21.4. The predicted molar refractivity (Wildman–Crippen MR) is 113 cm³/mol. The van der Waals surface area contributed by atoms with Gasteiger partial charge >= 0.3 is 0 Å². The first-order valence-electron chi connectivity index (χ1n) is 10.8. The Morgan fingerprint density at radius 1 is 1.23 bits per heavy atom. The Hall–Kier alpha value is -0.610. The molecular formula is C20H31ClFN3O4S. The Labute approximate surface area is 185 Å². The van der Waals surface area contributed by atoms with Crippen LogP contribution in [-0.2, 0) is 14.3 Å². The SMILES string of the molecule is O=C(COC1CCC(Cl)C(F)C1)NC12CCC(NC(=O)C3CSCN3)(CC1)CC2O. The van der Waals surface area contributed by atoms with Crippen LogP contribution < -0.4 is 16.0 Å². The van der Waals surface area contributed by atoms with Crippen molar-refractivity contribution in [1.29, 1.82) is 0 Å².